The van der Waals surface area contributed by atoms with Crippen LogP contribution in [-0.4, -0.2) is 11.2 Å². The fourth-order valence-electron chi connectivity index (χ4n) is 1.34. The summed E-state index contributed by atoms with van der Waals surface area (Å²) in [6, 6.07) is 5.22. The van der Waals surface area contributed by atoms with Gasteiger partial charge in [0.25, 0.3) is 0 Å². The van der Waals surface area contributed by atoms with Crippen LogP contribution in [0.1, 0.15) is 5.56 Å². The molecule has 0 saturated heterocycles. The minimum absolute atomic E-state index is 0.497. The summed E-state index contributed by atoms with van der Waals surface area (Å²) in [5.41, 5.74) is 0.440. The predicted molar refractivity (Wildman–Crippen MR) is 64.3 cm³/mol. The van der Waals surface area contributed by atoms with Crippen LogP contribution in [0, 0.1) is 0 Å². The van der Waals surface area contributed by atoms with Crippen LogP contribution >= 0.6 is 23.1 Å². The van der Waals surface area contributed by atoms with Gasteiger partial charge in [-0.05, 0) is 18.4 Å². The van der Waals surface area contributed by atoms with E-state index in [1.807, 2.05) is 6.26 Å². The zero-order valence-corrected chi connectivity index (χ0v) is 10.4. The molecule has 2 rings (SSSR count). The first-order valence-corrected chi connectivity index (χ1v) is 6.78. The molecule has 1 nitrogen and oxygen atoms in total. The third kappa shape index (κ3) is 2.81. The highest BCUT2D eigenvalue weighted by molar-refractivity contribution is 8.00. The molecule has 0 unspecified atom stereocenters. The van der Waals surface area contributed by atoms with Crippen LogP contribution in [0.25, 0.3) is 11.3 Å². The summed E-state index contributed by atoms with van der Waals surface area (Å²) in [7, 11) is 0. The Balaban J connectivity index is 2.39. The molecule has 1 heterocycles. The highest BCUT2D eigenvalue weighted by atomic mass is 32.2. The summed E-state index contributed by atoms with van der Waals surface area (Å²) in [6.07, 6.45) is -2.43. The van der Waals surface area contributed by atoms with E-state index < -0.39 is 11.7 Å². The van der Waals surface area contributed by atoms with Crippen molar-refractivity contribution >= 4 is 23.1 Å². The molecule has 0 saturated carbocycles. The zero-order chi connectivity index (χ0) is 12.5. The molecular formula is C11H8F3NS2. The molecule has 0 aliphatic rings. The van der Waals surface area contributed by atoms with E-state index in [2.05, 4.69) is 4.98 Å². The van der Waals surface area contributed by atoms with Crippen LogP contribution in [0.4, 0.5) is 13.2 Å². The summed E-state index contributed by atoms with van der Waals surface area (Å²) >= 11 is 2.91. The molecular weight excluding hydrogens is 267 g/mol. The third-order valence-corrected chi connectivity index (χ3v) is 4.01. The highest BCUT2D eigenvalue weighted by Gasteiger charge is 2.30. The first-order chi connectivity index (χ1) is 8.00. The zero-order valence-electron chi connectivity index (χ0n) is 8.78. The number of halogens is 3. The number of aromatic nitrogens is 1. The normalized spacial score (nSPS) is 11.8. The maximum atomic E-state index is 12.5. The van der Waals surface area contributed by atoms with Crippen molar-refractivity contribution in [2.75, 3.05) is 6.26 Å². The number of nitrogens with zero attached hydrogens (tertiary/aromatic N) is 1. The van der Waals surface area contributed by atoms with Crippen molar-refractivity contribution in [2.45, 2.75) is 10.5 Å². The molecule has 0 N–H and O–H groups in total. The Kier molecular flexibility index (Phi) is 3.44. The molecule has 1 aromatic carbocycles. The fraction of sp³-hybridized carbons (Fsp3) is 0.182. The minimum atomic E-state index is -4.31. The Bertz CT molecular complexity index is 519. The monoisotopic (exact) mass is 275 g/mol. The molecule has 0 fully saturated rings. The Hall–Kier alpha value is -1.01. The average molecular weight is 275 g/mol. The molecule has 0 atom stereocenters. The van der Waals surface area contributed by atoms with E-state index in [0.717, 1.165) is 16.5 Å². The van der Waals surface area contributed by atoms with Gasteiger partial charge in [-0.1, -0.05) is 23.9 Å². The number of thiazole rings is 1. The van der Waals surface area contributed by atoms with Crippen molar-refractivity contribution in [3.8, 4) is 11.3 Å². The smallest absolute Gasteiger partial charge is 0.230 e. The van der Waals surface area contributed by atoms with Gasteiger partial charge in [-0.2, -0.15) is 13.2 Å². The van der Waals surface area contributed by atoms with Crippen LogP contribution in [0.3, 0.4) is 0 Å². The first kappa shape index (κ1) is 12.4. The van der Waals surface area contributed by atoms with E-state index in [-0.39, 0.29) is 0 Å². The van der Waals surface area contributed by atoms with E-state index in [9.17, 15) is 13.2 Å². The maximum absolute atomic E-state index is 12.5. The number of hydrogen-bond donors (Lipinski definition) is 0. The van der Waals surface area contributed by atoms with E-state index in [1.165, 1.54) is 29.2 Å². The molecule has 0 spiro atoms. The summed E-state index contributed by atoms with van der Waals surface area (Å²) < 4.78 is 38.4. The summed E-state index contributed by atoms with van der Waals surface area (Å²) in [5.74, 6) is 0. The van der Waals surface area contributed by atoms with Crippen LogP contribution < -0.4 is 0 Å². The van der Waals surface area contributed by atoms with Crippen molar-refractivity contribution in [1.82, 2.24) is 4.98 Å². The number of hydrogen-bond acceptors (Lipinski definition) is 3. The van der Waals surface area contributed by atoms with Crippen molar-refractivity contribution < 1.29 is 13.2 Å². The van der Waals surface area contributed by atoms with E-state index >= 15 is 0 Å². The quantitative estimate of drug-likeness (QED) is 0.746. The van der Waals surface area contributed by atoms with Crippen LogP contribution in [-0.2, 0) is 6.18 Å². The first-order valence-electron chi connectivity index (χ1n) is 4.68. The van der Waals surface area contributed by atoms with Gasteiger partial charge in [-0.15, -0.1) is 11.3 Å². The fourth-order valence-corrected chi connectivity index (χ4v) is 2.61. The van der Waals surface area contributed by atoms with Gasteiger partial charge in [0.2, 0.25) is 0 Å². The molecule has 0 bridgehead atoms. The summed E-state index contributed by atoms with van der Waals surface area (Å²) in [6.45, 7) is 0. The van der Waals surface area contributed by atoms with Gasteiger partial charge in [-0.3, -0.25) is 0 Å². The van der Waals surface area contributed by atoms with Gasteiger partial charge in [0.05, 0.1) is 11.3 Å². The van der Waals surface area contributed by atoms with Gasteiger partial charge in [-0.25, -0.2) is 4.98 Å². The molecule has 2 aromatic rings. The van der Waals surface area contributed by atoms with Crippen LogP contribution in [0.2, 0.25) is 0 Å². The Morgan fingerprint density at radius 3 is 2.65 bits per heavy atom. The topological polar surface area (TPSA) is 12.9 Å². The Morgan fingerprint density at radius 2 is 2.06 bits per heavy atom. The molecule has 6 heteroatoms. The van der Waals surface area contributed by atoms with Crippen LogP contribution in [0.5, 0.6) is 0 Å². The SMILES string of the molecule is CSc1nc(-c2cccc(C(F)(F)F)c2)cs1. The molecule has 0 aliphatic heterocycles. The standard InChI is InChI=1S/C11H8F3NS2/c1-16-10-15-9(6-17-10)7-3-2-4-8(5-7)11(12,13)14/h2-6H,1H3. The molecule has 0 radical (unpaired) electrons. The molecule has 0 aliphatic carbocycles. The van der Waals surface area contributed by atoms with Gasteiger partial charge in [0.15, 0.2) is 0 Å². The number of rotatable bonds is 2. The van der Waals surface area contributed by atoms with E-state index in [4.69, 9.17) is 0 Å². The van der Waals surface area contributed by atoms with Crippen molar-refractivity contribution in [3.05, 3.63) is 35.2 Å². The lowest BCUT2D eigenvalue weighted by molar-refractivity contribution is -0.137. The second kappa shape index (κ2) is 4.70. The Morgan fingerprint density at radius 1 is 1.29 bits per heavy atom. The summed E-state index contributed by atoms with van der Waals surface area (Å²) in [5, 5.41) is 1.77. The second-order valence-corrected chi connectivity index (χ2v) is 5.19. The van der Waals surface area contributed by atoms with Gasteiger partial charge < -0.3 is 0 Å². The largest absolute Gasteiger partial charge is 0.416 e. The van der Waals surface area contributed by atoms with Gasteiger partial charge in [0.1, 0.15) is 4.34 Å². The number of thioether (sulfide) groups is 1. The lowest BCUT2D eigenvalue weighted by Gasteiger charge is -2.07. The lowest BCUT2D eigenvalue weighted by atomic mass is 10.1. The lowest BCUT2D eigenvalue weighted by Crippen LogP contribution is -2.04. The van der Waals surface area contributed by atoms with E-state index in [0.29, 0.717) is 11.3 Å². The molecule has 1 aromatic heterocycles. The third-order valence-electron chi connectivity index (χ3n) is 2.14. The minimum Gasteiger partial charge on any atom is -0.230 e. The van der Waals surface area contributed by atoms with E-state index in [1.54, 1.807) is 11.4 Å². The van der Waals surface area contributed by atoms with Crippen molar-refractivity contribution in [1.29, 1.82) is 0 Å². The Labute approximate surface area is 105 Å². The molecule has 0 amide bonds. The maximum Gasteiger partial charge on any atom is 0.416 e. The average Bonchev–Trinajstić information content (AvgIpc) is 2.76. The molecule has 17 heavy (non-hydrogen) atoms. The van der Waals surface area contributed by atoms with Gasteiger partial charge >= 0.3 is 6.18 Å². The predicted octanol–water partition coefficient (Wildman–Crippen LogP) is 4.55. The highest BCUT2D eigenvalue weighted by Crippen LogP contribution is 2.33. The number of benzene rings is 1. The molecule has 90 valence electrons. The van der Waals surface area contributed by atoms with Crippen LogP contribution in [0.15, 0.2) is 34.0 Å². The van der Waals surface area contributed by atoms with Gasteiger partial charge in [0, 0.05) is 10.9 Å². The van der Waals surface area contributed by atoms with Crippen molar-refractivity contribution in [2.24, 2.45) is 0 Å². The number of alkyl halides is 3. The summed E-state index contributed by atoms with van der Waals surface area (Å²) in [4.78, 5) is 4.24. The van der Waals surface area contributed by atoms with Crippen molar-refractivity contribution in [3.63, 3.8) is 0 Å². The second-order valence-electron chi connectivity index (χ2n) is 3.28.